The number of allylic oxidation sites excluding steroid dienone is 1. The second-order valence-corrected chi connectivity index (χ2v) is 5.29. The largest absolute Gasteiger partial charge is 0.498 e. The minimum atomic E-state index is -0.00111. The number of hydrogen-bond acceptors (Lipinski definition) is 1. The molecule has 0 N–H and O–H groups in total. The van der Waals surface area contributed by atoms with Gasteiger partial charge in [0.2, 0.25) is 0 Å². The molecule has 0 unspecified atom stereocenters. The highest BCUT2D eigenvalue weighted by Crippen LogP contribution is 2.40. The molecule has 0 bridgehead atoms. The number of hydrogen-bond donors (Lipinski definition) is 0. The fraction of sp³-hybridized carbons (Fsp3) is 0.833. The average Bonchev–Trinajstić information content (AvgIpc) is 2.03. The van der Waals surface area contributed by atoms with E-state index in [-0.39, 0.29) is 10.8 Å². The zero-order valence-electron chi connectivity index (χ0n) is 10.3. The van der Waals surface area contributed by atoms with Crippen LogP contribution in [0.4, 0.5) is 0 Å². The van der Waals surface area contributed by atoms with Crippen molar-refractivity contribution < 1.29 is 4.74 Å². The maximum atomic E-state index is 5.72. The van der Waals surface area contributed by atoms with Gasteiger partial charge in [0.05, 0.1) is 20.2 Å². The first-order valence-corrected chi connectivity index (χ1v) is 5.27. The van der Waals surface area contributed by atoms with Crippen molar-refractivity contribution >= 4 is 7.85 Å². The number of rotatable bonds is 6. The second-order valence-electron chi connectivity index (χ2n) is 5.29. The Morgan fingerprint density at radius 1 is 1.29 bits per heavy atom. The summed E-state index contributed by atoms with van der Waals surface area (Å²) < 4.78 is 5.46. The maximum Gasteiger partial charge on any atom is 0.0944 e. The van der Waals surface area contributed by atoms with Crippen molar-refractivity contribution in [2.45, 2.75) is 47.4 Å². The van der Waals surface area contributed by atoms with Crippen LogP contribution in [-0.2, 0) is 4.74 Å². The van der Waals surface area contributed by atoms with Crippen molar-refractivity contribution in [1.82, 2.24) is 0 Å². The van der Waals surface area contributed by atoms with Crippen molar-refractivity contribution in [3.8, 4) is 0 Å². The van der Waals surface area contributed by atoms with E-state index >= 15 is 0 Å². The monoisotopic (exact) mass is 194 g/mol. The molecule has 0 aliphatic carbocycles. The highest BCUT2D eigenvalue weighted by molar-refractivity contribution is 6.08. The Morgan fingerprint density at radius 3 is 2.14 bits per heavy atom. The van der Waals surface area contributed by atoms with Gasteiger partial charge in [-0.2, -0.15) is 0 Å². The van der Waals surface area contributed by atoms with E-state index in [1.165, 1.54) is 0 Å². The standard InChI is InChI=1S/C12H23BO/c1-7-14-10(2)12(5,6)8-11(3,4)9-13/h2,7-9H2,1,3-6H3. The lowest BCUT2D eigenvalue weighted by molar-refractivity contribution is 0.122. The molecule has 0 rings (SSSR count). The normalized spacial score (nSPS) is 12.6. The third-order valence-corrected chi connectivity index (χ3v) is 2.55. The first-order chi connectivity index (χ1) is 6.25. The molecular formula is C12H23BO. The molecule has 0 aromatic rings. The zero-order chi connectivity index (χ0) is 11.4. The lowest BCUT2D eigenvalue weighted by atomic mass is 9.68. The molecule has 0 heterocycles. The molecule has 0 saturated heterocycles. The van der Waals surface area contributed by atoms with Gasteiger partial charge in [0.1, 0.15) is 0 Å². The van der Waals surface area contributed by atoms with Crippen molar-refractivity contribution in [3.05, 3.63) is 12.3 Å². The van der Waals surface area contributed by atoms with Gasteiger partial charge in [-0.05, 0) is 18.8 Å². The van der Waals surface area contributed by atoms with Gasteiger partial charge in [-0.15, -0.1) is 0 Å². The summed E-state index contributed by atoms with van der Waals surface area (Å²) in [4.78, 5) is 0. The summed E-state index contributed by atoms with van der Waals surface area (Å²) in [6.45, 7) is 15.3. The molecule has 0 spiro atoms. The Balaban J connectivity index is 4.40. The summed E-state index contributed by atoms with van der Waals surface area (Å²) in [5, 5.41) is 0. The SMILES string of the molecule is [B]CC(C)(C)CC(C)(C)C(=C)OCC. The third kappa shape index (κ3) is 4.21. The Hall–Kier alpha value is -0.395. The minimum absolute atomic E-state index is 0.00111. The van der Waals surface area contributed by atoms with Crippen LogP contribution >= 0.6 is 0 Å². The van der Waals surface area contributed by atoms with Crippen LogP contribution in [0.25, 0.3) is 0 Å². The quantitative estimate of drug-likeness (QED) is 0.464. The summed E-state index contributed by atoms with van der Waals surface area (Å²) in [7, 11) is 5.72. The zero-order valence-corrected chi connectivity index (χ0v) is 10.3. The lowest BCUT2D eigenvalue weighted by Gasteiger charge is -2.35. The topological polar surface area (TPSA) is 9.23 Å². The minimum Gasteiger partial charge on any atom is -0.498 e. The molecule has 0 aliphatic rings. The van der Waals surface area contributed by atoms with Gasteiger partial charge >= 0.3 is 0 Å². The van der Waals surface area contributed by atoms with Crippen LogP contribution in [0.5, 0.6) is 0 Å². The van der Waals surface area contributed by atoms with Crippen LogP contribution in [0.2, 0.25) is 6.32 Å². The molecule has 0 saturated carbocycles. The summed E-state index contributed by atoms with van der Waals surface area (Å²) in [6.07, 6.45) is 1.69. The molecule has 0 amide bonds. The molecule has 80 valence electrons. The van der Waals surface area contributed by atoms with E-state index in [0.29, 0.717) is 12.9 Å². The van der Waals surface area contributed by atoms with Crippen LogP contribution in [0.1, 0.15) is 41.0 Å². The first-order valence-electron chi connectivity index (χ1n) is 5.27. The van der Waals surface area contributed by atoms with E-state index in [1.807, 2.05) is 6.92 Å². The van der Waals surface area contributed by atoms with Crippen LogP contribution in [0, 0.1) is 10.8 Å². The van der Waals surface area contributed by atoms with Gasteiger partial charge in [-0.25, -0.2) is 0 Å². The van der Waals surface area contributed by atoms with E-state index in [2.05, 4.69) is 34.3 Å². The highest BCUT2D eigenvalue weighted by Gasteiger charge is 2.30. The van der Waals surface area contributed by atoms with Crippen LogP contribution in [0.3, 0.4) is 0 Å². The van der Waals surface area contributed by atoms with Crippen LogP contribution in [0.15, 0.2) is 12.3 Å². The highest BCUT2D eigenvalue weighted by atomic mass is 16.5. The molecule has 0 atom stereocenters. The molecule has 0 aromatic heterocycles. The number of ether oxygens (including phenoxy) is 1. The van der Waals surface area contributed by atoms with Gasteiger partial charge in [0.15, 0.2) is 0 Å². The van der Waals surface area contributed by atoms with Gasteiger partial charge in [-0.3, -0.25) is 0 Å². The molecule has 2 heteroatoms. The second kappa shape index (κ2) is 4.90. The van der Waals surface area contributed by atoms with Crippen molar-refractivity contribution in [1.29, 1.82) is 0 Å². The van der Waals surface area contributed by atoms with E-state index in [4.69, 9.17) is 12.6 Å². The van der Waals surface area contributed by atoms with Gasteiger partial charge in [-0.1, -0.05) is 40.6 Å². The Labute approximate surface area is 90.3 Å². The Morgan fingerprint density at radius 2 is 1.79 bits per heavy atom. The van der Waals surface area contributed by atoms with E-state index in [1.54, 1.807) is 0 Å². The van der Waals surface area contributed by atoms with Gasteiger partial charge in [0, 0.05) is 5.41 Å². The maximum absolute atomic E-state index is 5.72. The van der Waals surface area contributed by atoms with Crippen LogP contribution in [-0.4, -0.2) is 14.5 Å². The molecular weight excluding hydrogens is 171 g/mol. The van der Waals surface area contributed by atoms with Gasteiger partial charge < -0.3 is 4.74 Å². The molecule has 1 nitrogen and oxygen atoms in total. The summed E-state index contributed by atoms with van der Waals surface area (Å²) >= 11 is 0. The average molecular weight is 194 g/mol. The van der Waals surface area contributed by atoms with Crippen LogP contribution < -0.4 is 0 Å². The summed E-state index contributed by atoms with van der Waals surface area (Å²) in [5.41, 5.74) is 0.141. The smallest absolute Gasteiger partial charge is 0.0944 e. The van der Waals surface area contributed by atoms with Gasteiger partial charge in [0.25, 0.3) is 0 Å². The summed E-state index contributed by atoms with van der Waals surface area (Å²) in [6, 6.07) is 0. The fourth-order valence-electron chi connectivity index (χ4n) is 1.74. The predicted molar refractivity (Wildman–Crippen MR) is 63.5 cm³/mol. The molecule has 2 radical (unpaired) electrons. The molecule has 0 aliphatic heterocycles. The van der Waals surface area contributed by atoms with E-state index in [0.717, 1.165) is 12.2 Å². The van der Waals surface area contributed by atoms with E-state index < -0.39 is 0 Å². The summed E-state index contributed by atoms with van der Waals surface area (Å²) in [5.74, 6) is 0.863. The predicted octanol–water partition coefficient (Wildman–Crippen LogP) is 3.57. The Bertz CT molecular complexity index is 194. The van der Waals surface area contributed by atoms with Crippen molar-refractivity contribution in [2.75, 3.05) is 6.61 Å². The van der Waals surface area contributed by atoms with Crippen molar-refractivity contribution in [3.63, 3.8) is 0 Å². The molecule has 0 fully saturated rings. The fourth-order valence-corrected chi connectivity index (χ4v) is 1.74. The third-order valence-electron chi connectivity index (χ3n) is 2.55. The molecule has 14 heavy (non-hydrogen) atoms. The molecule has 0 aromatic carbocycles. The van der Waals surface area contributed by atoms with Crippen molar-refractivity contribution in [2.24, 2.45) is 10.8 Å². The first kappa shape index (κ1) is 13.6. The van der Waals surface area contributed by atoms with E-state index in [9.17, 15) is 0 Å². The lowest BCUT2D eigenvalue weighted by Crippen LogP contribution is -2.25. The Kier molecular flexibility index (Phi) is 4.77.